The van der Waals surface area contributed by atoms with Crippen molar-refractivity contribution in [1.29, 1.82) is 0 Å². The Kier molecular flexibility index (Phi) is 13.7. The molecule has 0 aromatic heterocycles. The van der Waals surface area contributed by atoms with Crippen LogP contribution in [0.3, 0.4) is 0 Å². The first-order valence-corrected chi connectivity index (χ1v) is 20.6. The number of nitrogens with zero attached hydrogens (tertiary/aromatic N) is 2. The van der Waals surface area contributed by atoms with Gasteiger partial charge in [-0.1, -0.05) is 66.7 Å². The lowest BCUT2D eigenvalue weighted by atomic mass is 9.77. The molecule has 9 atom stereocenters. The molecule has 1 amide bonds. The number of aliphatic hydroxyl groups excluding tert-OH is 2. The lowest BCUT2D eigenvalue weighted by Crippen LogP contribution is -2.50. The number of ether oxygens (including phenoxy) is 3. The Morgan fingerprint density at radius 3 is 2.15 bits per heavy atom. The maximum absolute atomic E-state index is 14.9. The van der Waals surface area contributed by atoms with Crippen LogP contribution in [-0.4, -0.2) is 111 Å². The molecule has 1 fully saturated rings. The Hall–Kier alpha value is -4.79. The number of hydrogen-bond donors (Lipinski definition) is 4. The molecule has 1 aromatic rings. The first kappa shape index (κ1) is 45.3. The molecule has 1 aromatic carbocycles. The van der Waals surface area contributed by atoms with Crippen LogP contribution in [0.25, 0.3) is 0 Å². The van der Waals surface area contributed by atoms with Crippen molar-refractivity contribution in [2.24, 2.45) is 35.5 Å². The number of aliphatic hydroxyl groups is 2. The number of aromatic hydroxyl groups is 1. The van der Waals surface area contributed by atoms with Gasteiger partial charge in [-0.25, -0.2) is 0 Å². The van der Waals surface area contributed by atoms with E-state index < -0.39 is 82.4 Å². The molecule has 14 heteroatoms. The Morgan fingerprint density at radius 1 is 0.898 bits per heavy atom. The highest BCUT2D eigenvalue weighted by atomic mass is 16.7. The third-order valence-corrected chi connectivity index (χ3v) is 12.4. The van der Waals surface area contributed by atoms with E-state index in [-0.39, 0.29) is 51.2 Å². The van der Waals surface area contributed by atoms with E-state index in [9.17, 15) is 39.3 Å². The Balaban J connectivity index is 1.65. The van der Waals surface area contributed by atoms with Gasteiger partial charge in [0.15, 0.2) is 0 Å². The summed E-state index contributed by atoms with van der Waals surface area (Å²) in [6.07, 6.45) is 4.84. The lowest BCUT2D eigenvalue weighted by Gasteiger charge is -2.39. The van der Waals surface area contributed by atoms with Crippen molar-refractivity contribution in [3.8, 4) is 11.5 Å². The van der Waals surface area contributed by atoms with Gasteiger partial charge in [0.2, 0.25) is 11.6 Å². The number of allylic oxidation sites excluding steroid dienone is 5. The SMILES string of the molecule is CC(=O)O[C@H]1[C@H](C)[C@H](O)[C@H](C)[C@@H](O)[C@@H](C)/C=C/C=C(/C)C(=O)NC2=C(N3CCN(CC(C)C)CC3)C(=O)c3c(c(O)c(C)c4c3C(=O)[C@@](C)(O/C=C/[C@H](C)[C@H]1C)O4)C2=O. The maximum atomic E-state index is 14.9. The summed E-state index contributed by atoms with van der Waals surface area (Å²) in [5, 5.41) is 37.1. The Labute approximate surface area is 346 Å². The highest BCUT2D eigenvalue weighted by Gasteiger charge is 2.53. The number of phenolic OH excluding ortho intramolecular Hbond substituents is 1. The zero-order valence-corrected chi connectivity index (χ0v) is 36.1. The fourth-order valence-electron chi connectivity index (χ4n) is 8.51. The fourth-order valence-corrected chi connectivity index (χ4v) is 8.51. The van der Waals surface area contributed by atoms with Gasteiger partial charge in [-0.15, -0.1) is 0 Å². The van der Waals surface area contributed by atoms with Crippen LogP contribution < -0.4 is 10.1 Å². The van der Waals surface area contributed by atoms with E-state index in [1.54, 1.807) is 43.9 Å². The van der Waals surface area contributed by atoms with Gasteiger partial charge in [0.25, 0.3) is 11.7 Å². The summed E-state index contributed by atoms with van der Waals surface area (Å²) < 4.78 is 17.9. The summed E-state index contributed by atoms with van der Waals surface area (Å²) in [5.41, 5.74) is -1.13. The number of esters is 1. The normalized spacial score (nSPS) is 33.3. The van der Waals surface area contributed by atoms with E-state index in [0.29, 0.717) is 32.1 Å². The number of nitrogens with one attached hydrogen (secondary N) is 1. The zero-order valence-electron chi connectivity index (χ0n) is 36.1. The number of ketones is 3. The van der Waals surface area contributed by atoms with Crippen molar-refractivity contribution in [2.75, 3.05) is 32.7 Å². The first-order chi connectivity index (χ1) is 27.6. The van der Waals surface area contributed by atoms with Crippen LogP contribution in [0, 0.1) is 42.4 Å². The topological polar surface area (TPSA) is 192 Å². The number of Topliss-reactive ketones (excluding diaryl/α,β-unsaturated/α-hetero) is 3. The van der Waals surface area contributed by atoms with Gasteiger partial charge in [-0.3, -0.25) is 28.9 Å². The standard InChI is InChI=1S/C45H61N3O11/c1-22(2)21-47-16-18-48(19-17-47)35-34-39(53)32-31(40(35)54)33-42(29(9)38(32)52)59-45(11,43(33)55)57-20-15-23(3)26(6)41(58-30(10)49)28(8)37(51)27(7)36(50)24(4)13-12-14-25(5)44(56)46-34/h12-15,20,22-24,26-28,36-37,41,50-52H,16-19,21H2,1-11H3,(H,46,56)/b13-12+,20-15+,25-14-/t23-,24-,26+,27+,28+,36-,37+,41+,45-/m0/s1. The number of fused-ring (bicyclic) bond motifs is 14. The summed E-state index contributed by atoms with van der Waals surface area (Å²) >= 11 is 0. The monoisotopic (exact) mass is 819 g/mol. The van der Waals surface area contributed by atoms with Gasteiger partial charge in [0.1, 0.15) is 29.0 Å². The van der Waals surface area contributed by atoms with E-state index in [1.165, 1.54) is 40.0 Å². The second-order valence-corrected chi connectivity index (χ2v) is 17.4. The minimum atomic E-state index is -2.01. The van der Waals surface area contributed by atoms with E-state index in [2.05, 4.69) is 24.1 Å². The Morgan fingerprint density at radius 2 is 1.54 bits per heavy atom. The molecule has 0 unspecified atom stereocenters. The van der Waals surface area contributed by atoms with Gasteiger partial charge >= 0.3 is 11.8 Å². The van der Waals surface area contributed by atoms with E-state index >= 15 is 0 Å². The number of carbonyl (C=O) groups excluding carboxylic acids is 5. The molecule has 0 radical (unpaired) electrons. The van der Waals surface area contributed by atoms with Gasteiger partial charge in [0, 0.05) is 75.5 Å². The molecule has 1 aliphatic carbocycles. The van der Waals surface area contributed by atoms with Crippen LogP contribution in [-0.2, 0) is 19.1 Å². The number of benzene rings is 1. The van der Waals surface area contributed by atoms with Crippen LogP contribution >= 0.6 is 0 Å². The van der Waals surface area contributed by atoms with Crippen molar-refractivity contribution in [3.05, 3.63) is 69.8 Å². The van der Waals surface area contributed by atoms with Gasteiger partial charge < -0.3 is 39.7 Å². The van der Waals surface area contributed by atoms with E-state index in [0.717, 1.165) is 6.54 Å². The predicted molar refractivity (Wildman–Crippen MR) is 219 cm³/mol. The molecular formula is C45H61N3O11. The van der Waals surface area contributed by atoms with Crippen molar-refractivity contribution < 1.29 is 53.5 Å². The van der Waals surface area contributed by atoms with Crippen LogP contribution in [0.2, 0.25) is 0 Å². The van der Waals surface area contributed by atoms with Crippen LogP contribution in [0.4, 0.5) is 0 Å². The number of phenols is 1. The quantitative estimate of drug-likeness (QED) is 0.302. The van der Waals surface area contributed by atoms with E-state index in [1.807, 2.05) is 13.8 Å². The number of piperazine rings is 1. The summed E-state index contributed by atoms with van der Waals surface area (Å²) in [5.74, 6) is -8.29. The lowest BCUT2D eigenvalue weighted by molar-refractivity contribution is -0.158. The minimum Gasteiger partial charge on any atom is -0.507 e. The predicted octanol–water partition coefficient (Wildman–Crippen LogP) is 4.85. The minimum absolute atomic E-state index is 0.0389. The van der Waals surface area contributed by atoms with Crippen LogP contribution in [0.5, 0.6) is 11.5 Å². The fraction of sp³-hybridized carbons (Fsp3) is 0.578. The second-order valence-electron chi connectivity index (χ2n) is 17.4. The third-order valence-electron chi connectivity index (χ3n) is 12.4. The van der Waals surface area contributed by atoms with Crippen LogP contribution in [0.15, 0.2) is 47.5 Å². The molecule has 4 N–H and O–H groups in total. The molecule has 322 valence electrons. The average molecular weight is 820 g/mol. The average Bonchev–Trinajstić information content (AvgIpc) is 3.44. The number of carbonyl (C=O) groups is 5. The van der Waals surface area contributed by atoms with Crippen LogP contribution in [0.1, 0.15) is 106 Å². The summed E-state index contributed by atoms with van der Waals surface area (Å²) in [6.45, 7) is 21.5. The Bertz CT molecular complexity index is 1990. The number of rotatable bonds is 4. The molecule has 5 bridgehead atoms. The smallest absolute Gasteiger partial charge is 0.312 e. The number of hydrogen-bond acceptors (Lipinski definition) is 13. The van der Waals surface area contributed by atoms with E-state index in [4.69, 9.17) is 14.2 Å². The molecule has 4 heterocycles. The molecule has 1 saturated heterocycles. The van der Waals surface area contributed by atoms with Crippen molar-refractivity contribution in [1.82, 2.24) is 15.1 Å². The molecule has 5 aliphatic rings. The third kappa shape index (κ3) is 8.90. The van der Waals surface area contributed by atoms with Crippen molar-refractivity contribution in [2.45, 2.75) is 100 Å². The summed E-state index contributed by atoms with van der Waals surface area (Å²) in [7, 11) is 0. The largest absolute Gasteiger partial charge is 0.507 e. The molecule has 0 saturated carbocycles. The molecular weight excluding hydrogens is 759 g/mol. The maximum Gasteiger partial charge on any atom is 0.312 e. The molecule has 6 rings (SSSR count). The first-order valence-electron chi connectivity index (χ1n) is 20.6. The van der Waals surface area contributed by atoms with Gasteiger partial charge in [-0.2, -0.15) is 0 Å². The zero-order chi connectivity index (χ0) is 43.8. The molecule has 4 aliphatic heterocycles. The highest BCUT2D eigenvalue weighted by Crippen LogP contribution is 2.49. The van der Waals surface area contributed by atoms with Crippen molar-refractivity contribution >= 4 is 29.2 Å². The number of amides is 1. The van der Waals surface area contributed by atoms with Gasteiger partial charge in [-0.05, 0) is 37.7 Å². The summed E-state index contributed by atoms with van der Waals surface area (Å²) in [4.78, 5) is 74.1. The molecule has 0 spiro atoms. The van der Waals surface area contributed by atoms with Crippen molar-refractivity contribution in [3.63, 3.8) is 0 Å². The second kappa shape index (κ2) is 17.8. The summed E-state index contributed by atoms with van der Waals surface area (Å²) in [6, 6.07) is 0. The molecule has 59 heavy (non-hydrogen) atoms. The van der Waals surface area contributed by atoms with Gasteiger partial charge in [0.05, 0.1) is 35.2 Å². The molecule has 14 nitrogen and oxygen atoms in total. The highest BCUT2D eigenvalue weighted by molar-refractivity contribution is 6.32.